The number of ether oxygens (including phenoxy) is 2. The molecule has 0 bridgehead atoms. The molecule has 5 heterocycles. The largest absolute Gasteiger partial charge is 0.496 e. The maximum absolute atomic E-state index is 13.0. The number of hydrogen-bond acceptors (Lipinski definition) is 11. The molecule has 0 aliphatic carbocycles. The number of aromatic nitrogens is 3. The molecule has 5 amide bonds. The number of methoxy groups -OCH3 is 2. The number of carbonyl (C=O) groups excluding carboxylic acids is 5. The molecular formula is C47H61N9O8. The van der Waals surface area contributed by atoms with Crippen molar-refractivity contribution in [2.75, 3.05) is 52.3 Å². The molecule has 3 aliphatic rings. The molecule has 2 aromatic carbocycles. The molecule has 0 radical (unpaired) electrons. The van der Waals surface area contributed by atoms with E-state index in [2.05, 4.69) is 43.6 Å². The van der Waals surface area contributed by atoms with Crippen LogP contribution in [0.2, 0.25) is 0 Å². The Labute approximate surface area is 373 Å². The Morgan fingerprint density at radius 3 is 2.06 bits per heavy atom. The van der Waals surface area contributed by atoms with E-state index in [1.54, 1.807) is 33.7 Å². The number of unbranched alkanes of at least 4 members (excludes halogenated alkanes) is 3. The van der Waals surface area contributed by atoms with Crippen molar-refractivity contribution in [3.8, 4) is 22.6 Å². The number of likely N-dealkylation sites (tertiary alicyclic amines) is 2. The summed E-state index contributed by atoms with van der Waals surface area (Å²) >= 11 is 0. The van der Waals surface area contributed by atoms with Crippen molar-refractivity contribution in [2.45, 2.75) is 102 Å². The standard InChI is InChI=1S/C47H61N9O8/c1-54-29-37(35-27-49-53-45(35)47(54)62)32-24-39(63-2)36(40(25-32)64-3)26-48-28-42(58)51-34-18-22-56(23-19-34)44(60)9-7-5-4-6-8-43(59)55-20-16-31(17-21-55)30-10-12-33(13-11-30)50-38-14-15-41(57)52-46(38)61/h10-13,24-25,27,29,31,34,38,48,50H,4-9,14-23,26,28H2,1-3H3,(H,49,53)(H,51,58)(H,52,57,61). The van der Waals surface area contributed by atoms with Gasteiger partial charge in [0.1, 0.15) is 23.1 Å². The van der Waals surface area contributed by atoms with Crippen LogP contribution in [0.4, 0.5) is 5.69 Å². The van der Waals surface area contributed by atoms with Gasteiger partial charge in [0.25, 0.3) is 5.56 Å². The summed E-state index contributed by atoms with van der Waals surface area (Å²) in [5.41, 5.74) is 4.67. The summed E-state index contributed by atoms with van der Waals surface area (Å²) in [5.74, 6) is 1.24. The molecule has 1 atom stereocenters. The van der Waals surface area contributed by atoms with Crippen LogP contribution in [0.3, 0.4) is 0 Å². The number of pyridine rings is 1. The second-order valence-corrected chi connectivity index (χ2v) is 17.1. The minimum absolute atomic E-state index is 0.00534. The van der Waals surface area contributed by atoms with Gasteiger partial charge in [-0.15, -0.1) is 0 Å². The van der Waals surface area contributed by atoms with Gasteiger partial charge >= 0.3 is 0 Å². The van der Waals surface area contributed by atoms with Gasteiger partial charge in [-0.05, 0) is 86.3 Å². The topological polar surface area (TPSA) is 209 Å². The molecule has 3 saturated heterocycles. The SMILES string of the molecule is COc1cc(-c2cn(C)c(=O)c3[nH]ncc23)cc(OC)c1CNCC(=O)NC1CCN(C(=O)CCCCCCC(=O)N2CCC(c3ccc(NC4CCC(=O)NC4=O)cc3)CC2)CC1. The number of amides is 5. The molecule has 2 aromatic heterocycles. The van der Waals surface area contributed by atoms with Crippen LogP contribution in [0.15, 0.2) is 53.6 Å². The van der Waals surface area contributed by atoms with E-state index < -0.39 is 6.04 Å². The molecule has 64 heavy (non-hydrogen) atoms. The number of nitrogens with zero attached hydrogens (tertiary/aromatic N) is 4. The molecular weight excluding hydrogens is 819 g/mol. The van der Waals surface area contributed by atoms with Crippen molar-refractivity contribution < 1.29 is 33.4 Å². The lowest BCUT2D eigenvalue weighted by Crippen LogP contribution is -2.48. The summed E-state index contributed by atoms with van der Waals surface area (Å²) in [6.07, 6.45) is 11.9. The van der Waals surface area contributed by atoms with Crippen LogP contribution < -0.4 is 36.3 Å². The third-order valence-corrected chi connectivity index (χ3v) is 12.8. The number of nitrogens with one attached hydrogen (secondary N) is 5. The Morgan fingerprint density at radius 1 is 0.828 bits per heavy atom. The van der Waals surface area contributed by atoms with Gasteiger partial charge in [-0.1, -0.05) is 25.0 Å². The first-order valence-corrected chi connectivity index (χ1v) is 22.5. The Hall–Kier alpha value is -6.23. The van der Waals surface area contributed by atoms with E-state index in [4.69, 9.17) is 9.47 Å². The molecule has 0 spiro atoms. The fourth-order valence-corrected chi connectivity index (χ4v) is 9.12. The number of fused-ring (bicyclic) bond motifs is 1. The van der Waals surface area contributed by atoms with Crippen molar-refractivity contribution in [2.24, 2.45) is 7.05 Å². The fourth-order valence-electron chi connectivity index (χ4n) is 9.12. The number of H-pyrrole nitrogens is 1. The number of anilines is 1. The van der Waals surface area contributed by atoms with Gasteiger partial charge in [-0.25, -0.2) is 0 Å². The second-order valence-electron chi connectivity index (χ2n) is 17.1. The second kappa shape index (κ2) is 21.4. The first kappa shape index (κ1) is 45.8. The van der Waals surface area contributed by atoms with Gasteiger partial charge in [0.05, 0.1) is 27.0 Å². The van der Waals surface area contributed by atoms with Crippen LogP contribution in [0.1, 0.15) is 94.1 Å². The predicted molar refractivity (Wildman–Crippen MR) is 242 cm³/mol. The molecule has 342 valence electrons. The zero-order valence-corrected chi connectivity index (χ0v) is 37.1. The average molecular weight is 880 g/mol. The van der Waals surface area contributed by atoms with Crippen LogP contribution in [0.5, 0.6) is 11.5 Å². The summed E-state index contributed by atoms with van der Waals surface area (Å²) in [6.45, 7) is 3.12. The number of imide groups is 1. The molecule has 0 saturated carbocycles. The van der Waals surface area contributed by atoms with Crippen molar-refractivity contribution >= 4 is 46.1 Å². The van der Waals surface area contributed by atoms with E-state index >= 15 is 0 Å². The molecule has 3 aliphatic heterocycles. The molecule has 1 unspecified atom stereocenters. The van der Waals surface area contributed by atoms with Gasteiger partial charge in [-0.3, -0.25) is 39.2 Å². The van der Waals surface area contributed by atoms with Crippen molar-refractivity contribution in [1.82, 2.24) is 40.5 Å². The monoisotopic (exact) mass is 879 g/mol. The van der Waals surface area contributed by atoms with Crippen LogP contribution >= 0.6 is 0 Å². The highest BCUT2D eigenvalue weighted by Crippen LogP contribution is 2.37. The Kier molecular flexibility index (Phi) is 15.3. The fraction of sp³-hybridized carbons (Fsp3) is 0.511. The molecule has 17 nitrogen and oxygen atoms in total. The summed E-state index contributed by atoms with van der Waals surface area (Å²) in [6, 6.07) is 11.5. The van der Waals surface area contributed by atoms with E-state index in [1.807, 2.05) is 34.1 Å². The molecule has 7 rings (SSSR count). The number of aryl methyl sites for hydroxylation is 1. The highest BCUT2D eigenvalue weighted by molar-refractivity contribution is 6.01. The summed E-state index contributed by atoms with van der Waals surface area (Å²) in [7, 11) is 4.85. The third kappa shape index (κ3) is 11.3. The Morgan fingerprint density at radius 2 is 1.45 bits per heavy atom. The van der Waals surface area contributed by atoms with Crippen LogP contribution in [0.25, 0.3) is 22.0 Å². The number of benzene rings is 2. The van der Waals surface area contributed by atoms with Gasteiger partial charge in [0, 0.05) is 93.5 Å². The number of carbonyl (C=O) groups is 5. The van der Waals surface area contributed by atoms with Crippen LogP contribution in [-0.2, 0) is 37.6 Å². The van der Waals surface area contributed by atoms with Gasteiger partial charge in [0.15, 0.2) is 0 Å². The zero-order valence-electron chi connectivity index (χ0n) is 37.1. The minimum atomic E-state index is -0.408. The molecule has 4 aromatic rings. The molecule has 3 fully saturated rings. The van der Waals surface area contributed by atoms with E-state index in [-0.39, 0.29) is 47.7 Å². The summed E-state index contributed by atoms with van der Waals surface area (Å²) < 4.78 is 13.0. The number of piperidine rings is 3. The maximum Gasteiger partial charge on any atom is 0.276 e. The predicted octanol–water partition coefficient (Wildman–Crippen LogP) is 4.11. The minimum Gasteiger partial charge on any atom is -0.496 e. The van der Waals surface area contributed by atoms with E-state index in [9.17, 15) is 28.8 Å². The Bertz CT molecular complexity index is 2340. The first-order chi connectivity index (χ1) is 31.0. The van der Waals surface area contributed by atoms with Crippen LogP contribution in [0, 0.1) is 0 Å². The van der Waals surface area contributed by atoms with E-state index in [0.717, 1.165) is 74.0 Å². The zero-order chi connectivity index (χ0) is 45.2. The van der Waals surface area contributed by atoms with Gasteiger partial charge < -0.3 is 39.8 Å². The Balaban J connectivity index is 0.743. The quantitative estimate of drug-likeness (QED) is 0.0710. The molecule has 17 heteroatoms. The van der Waals surface area contributed by atoms with Gasteiger partial charge in [-0.2, -0.15) is 5.10 Å². The van der Waals surface area contributed by atoms with Crippen molar-refractivity contribution in [1.29, 1.82) is 0 Å². The lowest BCUT2D eigenvalue weighted by atomic mass is 9.89. The van der Waals surface area contributed by atoms with Crippen LogP contribution in [-0.4, -0.2) is 113 Å². The maximum atomic E-state index is 13.0. The van der Waals surface area contributed by atoms with Crippen molar-refractivity contribution in [3.05, 3.63) is 70.3 Å². The summed E-state index contributed by atoms with van der Waals surface area (Å²) in [5, 5.41) is 19.5. The average Bonchev–Trinajstić information content (AvgIpc) is 3.81. The van der Waals surface area contributed by atoms with E-state index in [0.29, 0.717) is 86.5 Å². The number of hydrogen-bond donors (Lipinski definition) is 5. The van der Waals surface area contributed by atoms with Crippen molar-refractivity contribution in [3.63, 3.8) is 0 Å². The lowest BCUT2D eigenvalue weighted by Gasteiger charge is -2.32. The van der Waals surface area contributed by atoms with Gasteiger partial charge in [0.2, 0.25) is 29.5 Å². The summed E-state index contributed by atoms with van der Waals surface area (Å²) in [4.78, 5) is 78.8. The van der Waals surface area contributed by atoms with E-state index in [1.165, 1.54) is 10.1 Å². The highest BCUT2D eigenvalue weighted by atomic mass is 16.5. The molecule has 5 N–H and O–H groups in total. The number of aromatic amines is 1. The number of rotatable bonds is 18. The first-order valence-electron chi connectivity index (χ1n) is 22.5. The highest BCUT2D eigenvalue weighted by Gasteiger charge is 2.28. The lowest BCUT2D eigenvalue weighted by molar-refractivity contribution is -0.134. The normalized spacial score (nSPS) is 17.3. The third-order valence-electron chi connectivity index (χ3n) is 12.8. The smallest absolute Gasteiger partial charge is 0.276 e.